The van der Waals surface area contributed by atoms with Gasteiger partial charge in [-0.3, -0.25) is 4.68 Å². The first-order valence-corrected chi connectivity index (χ1v) is 9.10. The molecule has 1 aliphatic heterocycles. The molecule has 0 aliphatic carbocycles. The van der Waals surface area contributed by atoms with Gasteiger partial charge in [-0.05, 0) is 37.1 Å². The Balaban J connectivity index is 1.92. The van der Waals surface area contributed by atoms with Gasteiger partial charge in [0, 0.05) is 19.3 Å². The van der Waals surface area contributed by atoms with Crippen molar-refractivity contribution in [2.45, 2.75) is 30.0 Å². The molecular formula is C15H14F5N3O2S. The van der Waals surface area contributed by atoms with E-state index in [2.05, 4.69) is 5.10 Å². The van der Waals surface area contributed by atoms with Crippen molar-refractivity contribution in [1.82, 2.24) is 14.1 Å². The summed E-state index contributed by atoms with van der Waals surface area (Å²) >= 11 is 0. The number of aromatic nitrogens is 2. The minimum absolute atomic E-state index is 0.00257. The van der Waals surface area contributed by atoms with Crippen LogP contribution in [0.2, 0.25) is 0 Å². The molecule has 26 heavy (non-hydrogen) atoms. The average molecular weight is 395 g/mol. The van der Waals surface area contributed by atoms with Gasteiger partial charge in [-0.2, -0.15) is 22.6 Å². The molecule has 1 aromatic heterocycles. The minimum Gasteiger partial charge on any atom is -0.256 e. The molecule has 0 radical (unpaired) electrons. The van der Waals surface area contributed by atoms with Crippen molar-refractivity contribution in [3.8, 4) is 0 Å². The van der Waals surface area contributed by atoms with Crippen LogP contribution in [0.25, 0.3) is 0 Å². The smallest absolute Gasteiger partial charge is 0.256 e. The third-order valence-electron chi connectivity index (χ3n) is 4.18. The molecule has 3 rings (SSSR count). The number of sulfonamides is 1. The third kappa shape index (κ3) is 3.45. The summed E-state index contributed by atoms with van der Waals surface area (Å²) in [5.74, 6) is -2.05. The van der Waals surface area contributed by atoms with Crippen molar-refractivity contribution in [2.24, 2.45) is 0 Å². The van der Waals surface area contributed by atoms with Gasteiger partial charge in [-0.1, -0.05) is 0 Å². The second-order valence-corrected chi connectivity index (χ2v) is 7.80. The maximum atomic E-state index is 13.9. The van der Waals surface area contributed by atoms with Gasteiger partial charge >= 0.3 is 6.18 Å². The zero-order chi connectivity index (χ0) is 19.1. The van der Waals surface area contributed by atoms with E-state index in [1.54, 1.807) is 0 Å². The van der Waals surface area contributed by atoms with Crippen LogP contribution in [0.1, 0.15) is 24.6 Å². The first kappa shape index (κ1) is 18.8. The van der Waals surface area contributed by atoms with E-state index in [1.807, 2.05) is 0 Å². The van der Waals surface area contributed by atoms with Crippen LogP contribution >= 0.6 is 0 Å². The Hall–Kier alpha value is -2.01. The molecule has 11 heteroatoms. The highest BCUT2D eigenvalue weighted by Crippen LogP contribution is 2.34. The Morgan fingerprint density at radius 2 is 1.88 bits per heavy atom. The summed E-state index contributed by atoms with van der Waals surface area (Å²) in [5.41, 5.74) is -0.987. The third-order valence-corrected chi connectivity index (χ3v) is 6.06. The molecule has 0 N–H and O–H groups in total. The van der Waals surface area contributed by atoms with Crippen LogP contribution in [-0.2, 0) is 16.2 Å². The molecule has 0 spiro atoms. The van der Waals surface area contributed by atoms with Crippen molar-refractivity contribution in [3.63, 3.8) is 0 Å². The van der Waals surface area contributed by atoms with E-state index in [0.717, 1.165) is 27.3 Å². The monoisotopic (exact) mass is 395 g/mol. The van der Waals surface area contributed by atoms with Crippen LogP contribution in [0.4, 0.5) is 22.0 Å². The van der Waals surface area contributed by atoms with E-state index >= 15 is 0 Å². The molecule has 1 aromatic carbocycles. The highest BCUT2D eigenvalue weighted by Gasteiger charge is 2.39. The van der Waals surface area contributed by atoms with Crippen LogP contribution < -0.4 is 0 Å². The van der Waals surface area contributed by atoms with Gasteiger partial charge in [0.15, 0.2) is 0 Å². The Kier molecular flexibility index (Phi) is 4.78. The maximum Gasteiger partial charge on any atom is 0.433 e. The first-order valence-electron chi connectivity index (χ1n) is 7.66. The SMILES string of the molecule is O=S(=O)(c1cc(F)ccc1F)N1CCC[C@@H](n2nccc2C(F)(F)F)C1. The Labute approximate surface area is 146 Å². The molecular weight excluding hydrogens is 381 g/mol. The molecule has 0 saturated carbocycles. The summed E-state index contributed by atoms with van der Waals surface area (Å²) in [7, 11) is -4.39. The zero-order valence-corrected chi connectivity index (χ0v) is 14.1. The van der Waals surface area contributed by atoms with Crippen LogP contribution in [-0.4, -0.2) is 35.6 Å². The molecule has 1 saturated heterocycles. The second kappa shape index (κ2) is 6.62. The van der Waals surface area contributed by atoms with Gasteiger partial charge in [0.2, 0.25) is 10.0 Å². The van der Waals surface area contributed by atoms with Crippen LogP contribution in [0.15, 0.2) is 35.4 Å². The summed E-state index contributed by atoms with van der Waals surface area (Å²) in [5, 5.41) is 3.67. The fourth-order valence-electron chi connectivity index (χ4n) is 2.98. The largest absolute Gasteiger partial charge is 0.433 e. The quantitative estimate of drug-likeness (QED) is 0.750. The van der Waals surface area contributed by atoms with Crippen molar-refractivity contribution in [1.29, 1.82) is 0 Å². The normalized spacial score (nSPS) is 19.7. The lowest BCUT2D eigenvalue weighted by molar-refractivity contribution is -0.145. The Morgan fingerprint density at radius 3 is 2.58 bits per heavy atom. The van der Waals surface area contributed by atoms with Gasteiger partial charge in [-0.25, -0.2) is 17.2 Å². The van der Waals surface area contributed by atoms with Crippen molar-refractivity contribution in [3.05, 3.63) is 47.8 Å². The highest BCUT2D eigenvalue weighted by molar-refractivity contribution is 7.89. The second-order valence-electron chi connectivity index (χ2n) is 5.89. The van der Waals surface area contributed by atoms with Gasteiger partial charge in [0.1, 0.15) is 22.2 Å². The van der Waals surface area contributed by atoms with E-state index in [0.29, 0.717) is 12.1 Å². The summed E-state index contributed by atoms with van der Waals surface area (Å²) < 4.78 is 93.2. The number of nitrogens with zero attached hydrogens (tertiary/aromatic N) is 3. The Bertz CT molecular complexity index is 910. The van der Waals surface area contributed by atoms with E-state index in [-0.39, 0.29) is 25.9 Å². The van der Waals surface area contributed by atoms with Crippen molar-refractivity contribution >= 4 is 10.0 Å². The number of alkyl halides is 3. The zero-order valence-electron chi connectivity index (χ0n) is 13.2. The number of benzene rings is 1. The molecule has 0 bridgehead atoms. The van der Waals surface area contributed by atoms with Gasteiger partial charge in [0.25, 0.3) is 0 Å². The topological polar surface area (TPSA) is 55.2 Å². The summed E-state index contributed by atoms with van der Waals surface area (Å²) in [6.07, 6.45) is -3.10. The number of hydrogen-bond donors (Lipinski definition) is 0. The highest BCUT2D eigenvalue weighted by atomic mass is 32.2. The lowest BCUT2D eigenvalue weighted by atomic mass is 10.1. The lowest BCUT2D eigenvalue weighted by Gasteiger charge is -2.33. The molecule has 0 unspecified atom stereocenters. The van der Waals surface area contributed by atoms with E-state index in [1.165, 1.54) is 0 Å². The average Bonchev–Trinajstić information content (AvgIpc) is 3.07. The van der Waals surface area contributed by atoms with Gasteiger partial charge in [0.05, 0.1) is 6.04 Å². The molecule has 2 heterocycles. The molecule has 2 aromatic rings. The Morgan fingerprint density at radius 1 is 1.15 bits per heavy atom. The van der Waals surface area contributed by atoms with Crippen LogP contribution in [0.5, 0.6) is 0 Å². The predicted octanol–water partition coefficient (Wildman–Crippen LogP) is 3.21. The molecule has 142 valence electrons. The summed E-state index contributed by atoms with van der Waals surface area (Å²) in [6, 6.07) is 1.98. The fraction of sp³-hybridized carbons (Fsp3) is 0.400. The standard InChI is InChI=1S/C15H14F5N3O2S/c16-10-3-4-12(17)13(8-10)26(24,25)22-7-1-2-11(9-22)23-14(5-6-21-23)15(18,19)20/h3-6,8,11H,1-2,7,9H2/t11-/m1/s1. The molecule has 5 nitrogen and oxygen atoms in total. The van der Waals surface area contributed by atoms with E-state index in [4.69, 9.17) is 0 Å². The van der Waals surface area contributed by atoms with Gasteiger partial charge in [-0.15, -0.1) is 0 Å². The first-order chi connectivity index (χ1) is 12.1. The lowest BCUT2D eigenvalue weighted by Crippen LogP contribution is -2.41. The van der Waals surface area contributed by atoms with Crippen LogP contribution in [0.3, 0.4) is 0 Å². The molecule has 1 atom stereocenters. The molecule has 1 fully saturated rings. The maximum absolute atomic E-state index is 13.9. The molecule has 0 amide bonds. The fourth-order valence-corrected chi connectivity index (χ4v) is 4.57. The van der Waals surface area contributed by atoms with Gasteiger partial charge < -0.3 is 0 Å². The van der Waals surface area contributed by atoms with E-state index < -0.39 is 44.5 Å². The number of hydrogen-bond acceptors (Lipinski definition) is 3. The van der Waals surface area contributed by atoms with Crippen LogP contribution in [0, 0.1) is 11.6 Å². The van der Waals surface area contributed by atoms with E-state index in [9.17, 15) is 30.4 Å². The minimum atomic E-state index is -4.63. The van der Waals surface area contributed by atoms with Crippen molar-refractivity contribution < 1.29 is 30.4 Å². The molecule has 1 aliphatic rings. The number of piperidine rings is 1. The summed E-state index contributed by atoms with van der Waals surface area (Å²) in [6.45, 7) is -0.319. The number of halogens is 5. The predicted molar refractivity (Wildman–Crippen MR) is 80.6 cm³/mol. The summed E-state index contributed by atoms with van der Waals surface area (Å²) in [4.78, 5) is -0.838. The van der Waals surface area contributed by atoms with Crippen molar-refractivity contribution in [2.75, 3.05) is 13.1 Å². The number of rotatable bonds is 3.